The van der Waals surface area contributed by atoms with Gasteiger partial charge in [-0.1, -0.05) is 43.7 Å². The van der Waals surface area contributed by atoms with Crippen molar-refractivity contribution in [2.45, 2.75) is 26.2 Å². The van der Waals surface area contributed by atoms with Crippen molar-refractivity contribution < 1.29 is 10.2 Å². The number of phenolic OH excluding ortho intramolecular Hbond substituents is 2. The molecule has 4 heteroatoms. The quantitative estimate of drug-likeness (QED) is 0.838. The van der Waals surface area contributed by atoms with Gasteiger partial charge in [0, 0.05) is 11.1 Å². The molecule has 2 rings (SSSR count). The Balaban J connectivity index is 2.84. The van der Waals surface area contributed by atoms with Crippen LogP contribution in [0.15, 0.2) is 30.3 Å². The summed E-state index contributed by atoms with van der Waals surface area (Å²) < 4.78 is 0. The van der Waals surface area contributed by atoms with Gasteiger partial charge in [-0.05, 0) is 18.4 Å². The van der Waals surface area contributed by atoms with Gasteiger partial charge in [-0.3, -0.25) is 0 Å². The van der Waals surface area contributed by atoms with Crippen molar-refractivity contribution in [3.8, 4) is 34.8 Å². The van der Waals surface area contributed by atoms with Crippen LogP contribution in [0.5, 0.6) is 11.5 Å². The van der Waals surface area contributed by atoms with Crippen LogP contribution in [0.1, 0.15) is 36.5 Å². The van der Waals surface area contributed by atoms with Crippen LogP contribution in [0.25, 0.3) is 11.1 Å². The molecular formula is C18H16N2O2. The molecule has 0 spiro atoms. The van der Waals surface area contributed by atoms with E-state index in [0.717, 1.165) is 12.8 Å². The highest BCUT2D eigenvalue weighted by Crippen LogP contribution is 2.43. The van der Waals surface area contributed by atoms with Gasteiger partial charge in [0.25, 0.3) is 0 Å². The number of hydrogen-bond donors (Lipinski definition) is 2. The van der Waals surface area contributed by atoms with E-state index in [1.54, 1.807) is 24.3 Å². The summed E-state index contributed by atoms with van der Waals surface area (Å²) in [6.45, 7) is 2.00. The van der Waals surface area contributed by atoms with Crippen LogP contribution < -0.4 is 0 Å². The molecule has 0 fully saturated rings. The van der Waals surface area contributed by atoms with Crippen molar-refractivity contribution in [2.75, 3.05) is 0 Å². The Morgan fingerprint density at radius 1 is 0.955 bits per heavy atom. The van der Waals surface area contributed by atoms with Gasteiger partial charge in [0.1, 0.15) is 17.7 Å². The van der Waals surface area contributed by atoms with Gasteiger partial charge in [0.2, 0.25) is 0 Å². The number of aromatic hydroxyl groups is 2. The summed E-state index contributed by atoms with van der Waals surface area (Å²) in [6.07, 6.45) is 2.15. The zero-order valence-electron chi connectivity index (χ0n) is 12.3. The van der Waals surface area contributed by atoms with Crippen LogP contribution in [0.4, 0.5) is 0 Å². The molecule has 0 aliphatic heterocycles. The third-order valence-electron chi connectivity index (χ3n) is 3.62. The highest BCUT2D eigenvalue weighted by Gasteiger charge is 2.24. The number of unbranched alkanes of at least 4 members (excludes halogenated alkanes) is 1. The molecule has 110 valence electrons. The fourth-order valence-corrected chi connectivity index (χ4v) is 2.50. The highest BCUT2D eigenvalue weighted by atomic mass is 16.3. The van der Waals surface area contributed by atoms with E-state index >= 15 is 0 Å². The van der Waals surface area contributed by atoms with E-state index in [1.165, 1.54) is 0 Å². The molecule has 0 saturated carbocycles. The van der Waals surface area contributed by atoms with E-state index in [4.69, 9.17) is 0 Å². The molecular weight excluding hydrogens is 276 g/mol. The fourth-order valence-electron chi connectivity index (χ4n) is 2.50. The molecule has 2 N–H and O–H groups in total. The summed E-state index contributed by atoms with van der Waals surface area (Å²) in [6, 6.07) is 13.0. The first-order valence-corrected chi connectivity index (χ1v) is 7.12. The van der Waals surface area contributed by atoms with Crippen molar-refractivity contribution in [1.82, 2.24) is 0 Å². The topological polar surface area (TPSA) is 88.0 Å². The lowest BCUT2D eigenvalue weighted by Crippen LogP contribution is -1.99. The minimum atomic E-state index is -0.452. The largest absolute Gasteiger partial charge is 0.504 e. The molecule has 0 aliphatic carbocycles. The predicted molar refractivity (Wildman–Crippen MR) is 83.2 cm³/mol. The molecule has 0 unspecified atom stereocenters. The molecule has 0 atom stereocenters. The Bertz CT molecular complexity index is 769. The van der Waals surface area contributed by atoms with Gasteiger partial charge in [0.15, 0.2) is 11.5 Å². The van der Waals surface area contributed by atoms with E-state index in [1.807, 2.05) is 19.1 Å². The number of nitrogens with zero attached hydrogens (tertiary/aromatic N) is 2. The normalized spacial score (nSPS) is 9.95. The summed E-state index contributed by atoms with van der Waals surface area (Å²) in [5.74, 6) is -0.812. The molecule has 0 saturated heterocycles. The molecule has 0 radical (unpaired) electrons. The standard InChI is InChI=1S/C18H16N2O2/c1-2-3-9-13-14(10-19)16(12-7-5-4-6-8-12)15(11-20)18(22)17(13)21/h4-8,21-22H,2-3,9H2,1H3. The van der Waals surface area contributed by atoms with Crippen molar-refractivity contribution in [1.29, 1.82) is 10.5 Å². The van der Waals surface area contributed by atoms with Crippen LogP contribution in [-0.4, -0.2) is 10.2 Å². The van der Waals surface area contributed by atoms with Crippen molar-refractivity contribution >= 4 is 0 Å². The Kier molecular flexibility index (Phi) is 4.66. The summed E-state index contributed by atoms with van der Waals surface area (Å²) in [5, 5.41) is 39.2. The molecule has 2 aromatic rings. The Morgan fingerprint density at radius 3 is 2.14 bits per heavy atom. The lowest BCUT2D eigenvalue weighted by molar-refractivity contribution is 0.398. The monoisotopic (exact) mass is 292 g/mol. The van der Waals surface area contributed by atoms with E-state index in [0.29, 0.717) is 23.1 Å². The second-order valence-corrected chi connectivity index (χ2v) is 4.99. The zero-order chi connectivity index (χ0) is 16.1. The first-order valence-electron chi connectivity index (χ1n) is 7.12. The maximum absolute atomic E-state index is 10.2. The van der Waals surface area contributed by atoms with Gasteiger partial charge in [-0.2, -0.15) is 10.5 Å². The molecule has 0 aromatic heterocycles. The smallest absolute Gasteiger partial charge is 0.176 e. The van der Waals surface area contributed by atoms with Gasteiger partial charge in [-0.25, -0.2) is 0 Å². The summed E-state index contributed by atoms with van der Waals surface area (Å²) in [5.41, 5.74) is 1.64. The van der Waals surface area contributed by atoms with Crippen molar-refractivity contribution in [3.63, 3.8) is 0 Å². The predicted octanol–water partition coefficient (Wildman–Crippen LogP) is 3.85. The van der Waals surface area contributed by atoms with E-state index in [2.05, 4.69) is 6.07 Å². The van der Waals surface area contributed by atoms with Crippen molar-refractivity contribution in [3.05, 3.63) is 47.0 Å². The lowest BCUT2D eigenvalue weighted by Gasteiger charge is -2.15. The third-order valence-corrected chi connectivity index (χ3v) is 3.62. The average Bonchev–Trinajstić information content (AvgIpc) is 2.56. The first-order chi connectivity index (χ1) is 10.7. The first kappa shape index (κ1) is 15.4. The zero-order valence-corrected chi connectivity index (χ0v) is 12.3. The molecule has 0 heterocycles. The molecule has 0 bridgehead atoms. The van der Waals surface area contributed by atoms with Crippen molar-refractivity contribution in [2.24, 2.45) is 0 Å². The summed E-state index contributed by atoms with van der Waals surface area (Å²) >= 11 is 0. The fraction of sp³-hybridized carbons (Fsp3) is 0.222. The Hall–Kier alpha value is -2.98. The van der Waals surface area contributed by atoms with Crippen LogP contribution in [-0.2, 0) is 6.42 Å². The SMILES string of the molecule is CCCCc1c(O)c(O)c(C#N)c(-c2ccccc2)c1C#N. The van der Waals surface area contributed by atoms with E-state index in [-0.39, 0.29) is 16.9 Å². The summed E-state index contributed by atoms with van der Waals surface area (Å²) in [7, 11) is 0. The number of benzene rings is 2. The van der Waals surface area contributed by atoms with Gasteiger partial charge in [0.05, 0.1) is 5.56 Å². The minimum Gasteiger partial charge on any atom is -0.504 e. The average molecular weight is 292 g/mol. The minimum absolute atomic E-state index is 0.0690. The highest BCUT2D eigenvalue weighted by molar-refractivity contribution is 5.83. The van der Waals surface area contributed by atoms with Crippen LogP contribution in [0.3, 0.4) is 0 Å². The molecule has 4 nitrogen and oxygen atoms in total. The maximum atomic E-state index is 10.2. The third kappa shape index (κ3) is 2.60. The summed E-state index contributed by atoms with van der Waals surface area (Å²) in [4.78, 5) is 0. The van der Waals surface area contributed by atoms with E-state index in [9.17, 15) is 20.7 Å². The lowest BCUT2D eigenvalue weighted by atomic mass is 9.88. The van der Waals surface area contributed by atoms with Gasteiger partial charge >= 0.3 is 0 Å². The molecule has 22 heavy (non-hydrogen) atoms. The molecule has 2 aromatic carbocycles. The number of phenols is 2. The van der Waals surface area contributed by atoms with E-state index < -0.39 is 5.75 Å². The second kappa shape index (κ2) is 6.65. The Labute approximate surface area is 129 Å². The van der Waals surface area contributed by atoms with Crippen LogP contribution in [0.2, 0.25) is 0 Å². The number of hydrogen-bond acceptors (Lipinski definition) is 4. The van der Waals surface area contributed by atoms with Gasteiger partial charge in [-0.15, -0.1) is 0 Å². The molecule has 0 amide bonds. The number of rotatable bonds is 4. The second-order valence-electron chi connectivity index (χ2n) is 4.99. The van der Waals surface area contributed by atoms with Gasteiger partial charge < -0.3 is 10.2 Å². The number of nitriles is 2. The Morgan fingerprint density at radius 2 is 1.59 bits per heavy atom. The molecule has 0 aliphatic rings. The van der Waals surface area contributed by atoms with Crippen LogP contribution in [0, 0.1) is 22.7 Å². The van der Waals surface area contributed by atoms with Crippen LogP contribution >= 0.6 is 0 Å². The maximum Gasteiger partial charge on any atom is 0.176 e.